The molecule has 0 bridgehead atoms. The van der Waals surface area contributed by atoms with E-state index in [1.807, 2.05) is 20.8 Å². The molecular formula is C36H48FN5O8S. The van der Waals surface area contributed by atoms with Crippen LogP contribution in [0.3, 0.4) is 0 Å². The fourth-order valence-electron chi connectivity index (χ4n) is 7.53. The van der Waals surface area contributed by atoms with Crippen LogP contribution in [0.25, 0.3) is 0 Å². The number of likely N-dealkylation sites (tertiary alicyclic amines) is 2. The number of fused-ring (bicyclic) bond motifs is 1. The number of halogens is 1. The minimum atomic E-state index is -3.91. The Hall–Kier alpha value is -4.01. The quantitative estimate of drug-likeness (QED) is 0.348. The van der Waals surface area contributed by atoms with Crippen molar-refractivity contribution in [2.45, 2.75) is 108 Å². The van der Waals surface area contributed by atoms with Crippen LogP contribution in [0, 0.1) is 23.1 Å². The number of carbonyl (C=O) groups is 5. The summed E-state index contributed by atoms with van der Waals surface area (Å²) in [6.07, 6.45) is 3.46. The second-order valence-corrected chi connectivity index (χ2v) is 17.7. The molecule has 13 nitrogen and oxygen atoms in total. The van der Waals surface area contributed by atoms with Crippen LogP contribution in [0.5, 0.6) is 0 Å². The number of nitrogens with zero attached hydrogens (tertiary/aromatic N) is 3. The summed E-state index contributed by atoms with van der Waals surface area (Å²) in [6.45, 7) is 10.5. The van der Waals surface area contributed by atoms with Crippen LogP contribution in [0.4, 0.5) is 9.18 Å². The minimum absolute atomic E-state index is 0.00909. The van der Waals surface area contributed by atoms with Gasteiger partial charge in [0.1, 0.15) is 23.5 Å². The van der Waals surface area contributed by atoms with E-state index >= 15 is 0 Å². The number of piperidine rings is 1. The molecule has 5 atom stereocenters. The Kier molecular flexibility index (Phi) is 9.98. The molecular weight excluding hydrogens is 681 g/mol. The number of sulfonamides is 1. The summed E-state index contributed by atoms with van der Waals surface area (Å²) in [5.41, 5.74) is -1.21. The molecule has 4 fully saturated rings. The molecule has 15 heteroatoms. The fraction of sp³-hybridized carbons (Fsp3) is 0.639. The highest BCUT2D eigenvalue weighted by Gasteiger charge is 2.62. The second kappa shape index (κ2) is 13.8. The Morgan fingerprint density at radius 3 is 2.39 bits per heavy atom. The first-order chi connectivity index (χ1) is 24.0. The summed E-state index contributed by atoms with van der Waals surface area (Å²) >= 11 is 0. The molecule has 0 spiro atoms. The van der Waals surface area contributed by atoms with Crippen molar-refractivity contribution in [2.24, 2.45) is 17.3 Å². The van der Waals surface area contributed by atoms with E-state index in [2.05, 4.69) is 16.6 Å². The van der Waals surface area contributed by atoms with E-state index < -0.39 is 79.8 Å². The molecule has 0 aromatic heterocycles. The van der Waals surface area contributed by atoms with Crippen LogP contribution in [-0.2, 0) is 47.0 Å². The molecule has 5 amide bonds. The van der Waals surface area contributed by atoms with Gasteiger partial charge in [0.15, 0.2) is 0 Å². The topological polar surface area (TPSA) is 162 Å². The predicted octanol–water partition coefficient (Wildman–Crippen LogP) is 2.98. The average molecular weight is 730 g/mol. The standard InChI is InChI=1S/C36H48FN5O8S/c1-5-23-18-36(23,33(46)39-51(48,49)25-12-13-25)38-31(44)29-16-24(50-34(47)41-19-22-10-9-11-28(37)26(22)21-41)20-42(29)32(45)27(35(2,3)4)17-30(43)40-14-7-6-8-15-40/h5,9-11,23-25,27,29H,1,6-8,12-21H2,2-4H3,(H,38,44)(H,39,46)/t23?,24-,27-,29+,36?/m1/s1. The van der Waals surface area contributed by atoms with Crippen LogP contribution >= 0.6 is 0 Å². The normalized spacial score (nSPS) is 26.6. The smallest absolute Gasteiger partial charge is 0.410 e. The maximum Gasteiger partial charge on any atom is 0.410 e. The van der Waals surface area contributed by atoms with Crippen molar-refractivity contribution in [1.29, 1.82) is 0 Å². The second-order valence-electron chi connectivity index (χ2n) is 15.7. The molecule has 6 rings (SSSR count). The van der Waals surface area contributed by atoms with E-state index in [4.69, 9.17) is 4.74 Å². The number of ether oxygens (including phenoxy) is 1. The maximum atomic E-state index is 14.5. The molecule has 2 unspecified atom stereocenters. The van der Waals surface area contributed by atoms with E-state index in [0.29, 0.717) is 37.1 Å². The Bertz CT molecular complexity index is 1720. The number of nitrogens with one attached hydrogen (secondary N) is 2. The third-order valence-corrected chi connectivity index (χ3v) is 12.8. The van der Waals surface area contributed by atoms with Gasteiger partial charge in [-0.25, -0.2) is 17.6 Å². The highest BCUT2D eigenvalue weighted by molar-refractivity contribution is 7.91. The Balaban J connectivity index is 1.23. The lowest BCUT2D eigenvalue weighted by atomic mass is 9.77. The van der Waals surface area contributed by atoms with Crippen molar-refractivity contribution in [3.63, 3.8) is 0 Å². The highest BCUT2D eigenvalue weighted by atomic mass is 32.2. The van der Waals surface area contributed by atoms with Crippen molar-refractivity contribution in [3.8, 4) is 0 Å². The molecule has 2 saturated heterocycles. The van der Waals surface area contributed by atoms with Crippen molar-refractivity contribution in [3.05, 3.63) is 47.8 Å². The van der Waals surface area contributed by atoms with Crippen LogP contribution in [0.2, 0.25) is 0 Å². The zero-order chi connectivity index (χ0) is 36.9. The fourth-order valence-corrected chi connectivity index (χ4v) is 8.90. The third kappa shape index (κ3) is 7.63. The Labute approximate surface area is 298 Å². The molecule has 2 saturated carbocycles. The van der Waals surface area contributed by atoms with Gasteiger partial charge >= 0.3 is 6.09 Å². The molecule has 1 aromatic carbocycles. The van der Waals surface area contributed by atoms with Crippen LogP contribution < -0.4 is 10.0 Å². The van der Waals surface area contributed by atoms with Crippen molar-refractivity contribution in [1.82, 2.24) is 24.7 Å². The summed E-state index contributed by atoms with van der Waals surface area (Å²) in [4.78, 5) is 73.3. The summed E-state index contributed by atoms with van der Waals surface area (Å²) in [7, 11) is -3.91. The first-order valence-electron chi connectivity index (χ1n) is 17.8. The molecule has 51 heavy (non-hydrogen) atoms. The van der Waals surface area contributed by atoms with Gasteiger partial charge in [-0.15, -0.1) is 6.58 Å². The van der Waals surface area contributed by atoms with Gasteiger partial charge in [0, 0.05) is 44.0 Å². The average Bonchev–Trinajstić information content (AvgIpc) is 3.97. The van der Waals surface area contributed by atoms with Gasteiger partial charge in [-0.05, 0) is 55.6 Å². The minimum Gasteiger partial charge on any atom is -0.444 e. The van der Waals surface area contributed by atoms with E-state index in [-0.39, 0.29) is 44.8 Å². The SMILES string of the molecule is C=CC1CC1(NC(=O)[C@@H]1C[C@@H](OC(=O)N2Cc3cccc(F)c3C2)CN1C(=O)[C@@H](CC(=O)N1CCCCC1)C(C)(C)C)C(=O)NS(=O)(=O)C1CC1. The number of hydrogen-bond donors (Lipinski definition) is 2. The molecule has 1 aromatic rings. The molecule has 278 valence electrons. The van der Waals surface area contributed by atoms with Gasteiger partial charge in [0.05, 0.1) is 24.3 Å². The number of hydrogen-bond acceptors (Lipinski definition) is 8. The van der Waals surface area contributed by atoms with Crippen LogP contribution in [0.1, 0.15) is 83.3 Å². The van der Waals surface area contributed by atoms with E-state index in [9.17, 15) is 36.8 Å². The molecule has 0 radical (unpaired) electrons. The predicted molar refractivity (Wildman–Crippen MR) is 183 cm³/mol. The van der Waals surface area contributed by atoms with Crippen molar-refractivity contribution >= 4 is 39.7 Å². The zero-order valence-electron chi connectivity index (χ0n) is 29.5. The number of rotatable bonds is 10. The van der Waals surface area contributed by atoms with E-state index in [0.717, 1.165) is 19.3 Å². The Morgan fingerprint density at radius 1 is 1.08 bits per heavy atom. The number of carbonyl (C=O) groups excluding carboxylic acids is 5. The summed E-state index contributed by atoms with van der Waals surface area (Å²) in [5, 5.41) is 2.09. The van der Waals surface area contributed by atoms with Crippen LogP contribution in [0.15, 0.2) is 30.9 Å². The van der Waals surface area contributed by atoms with Gasteiger partial charge in [-0.3, -0.25) is 28.8 Å². The van der Waals surface area contributed by atoms with E-state index in [1.54, 1.807) is 17.0 Å². The number of amides is 5. The lowest BCUT2D eigenvalue weighted by Crippen LogP contribution is -2.57. The van der Waals surface area contributed by atoms with Crippen molar-refractivity contribution in [2.75, 3.05) is 19.6 Å². The van der Waals surface area contributed by atoms with Gasteiger partial charge < -0.3 is 19.9 Å². The van der Waals surface area contributed by atoms with E-state index in [1.165, 1.54) is 21.9 Å². The monoisotopic (exact) mass is 729 g/mol. The largest absolute Gasteiger partial charge is 0.444 e. The van der Waals surface area contributed by atoms with Gasteiger partial charge in [0.2, 0.25) is 27.7 Å². The van der Waals surface area contributed by atoms with Gasteiger partial charge in [-0.1, -0.05) is 39.0 Å². The molecule has 2 N–H and O–H groups in total. The number of benzene rings is 1. The first kappa shape index (κ1) is 36.8. The summed E-state index contributed by atoms with van der Waals surface area (Å²) < 4.78 is 47.7. The third-order valence-electron chi connectivity index (χ3n) is 11.0. The summed E-state index contributed by atoms with van der Waals surface area (Å²) in [5.74, 6) is -3.99. The first-order valence-corrected chi connectivity index (χ1v) is 19.4. The Morgan fingerprint density at radius 2 is 1.78 bits per heavy atom. The maximum absolute atomic E-state index is 14.5. The zero-order valence-corrected chi connectivity index (χ0v) is 30.3. The lowest BCUT2D eigenvalue weighted by molar-refractivity contribution is -0.148. The molecule has 3 aliphatic heterocycles. The molecule has 5 aliphatic rings. The summed E-state index contributed by atoms with van der Waals surface area (Å²) in [6, 6.07) is 3.43. The highest BCUT2D eigenvalue weighted by Crippen LogP contribution is 2.46. The lowest BCUT2D eigenvalue weighted by Gasteiger charge is -2.36. The molecule has 3 heterocycles. The van der Waals surface area contributed by atoms with Gasteiger partial charge in [0.25, 0.3) is 5.91 Å². The van der Waals surface area contributed by atoms with Gasteiger partial charge in [-0.2, -0.15) is 0 Å². The molecule has 2 aliphatic carbocycles. The van der Waals surface area contributed by atoms with Crippen molar-refractivity contribution < 1.29 is 41.5 Å². The van der Waals surface area contributed by atoms with Crippen LogP contribution in [-0.4, -0.2) is 95.4 Å².